The summed E-state index contributed by atoms with van der Waals surface area (Å²) in [5.41, 5.74) is 1.03. The van der Waals surface area contributed by atoms with E-state index in [1.165, 1.54) is 11.3 Å². The van der Waals surface area contributed by atoms with E-state index in [2.05, 4.69) is 14.9 Å². The van der Waals surface area contributed by atoms with E-state index in [0.717, 1.165) is 29.8 Å². The lowest BCUT2D eigenvalue weighted by Crippen LogP contribution is -2.24. The maximum atomic E-state index is 12.2. The third-order valence-corrected chi connectivity index (χ3v) is 6.10. The van der Waals surface area contributed by atoms with Crippen molar-refractivity contribution in [3.8, 4) is 0 Å². The van der Waals surface area contributed by atoms with Gasteiger partial charge in [0, 0.05) is 18.0 Å². The number of unbranched alkanes of at least 4 members (excludes halogenated alkanes) is 1. The zero-order valence-corrected chi connectivity index (χ0v) is 14.3. The molecule has 0 aliphatic heterocycles. The first-order chi connectivity index (χ1) is 9.36. The van der Waals surface area contributed by atoms with Crippen molar-refractivity contribution in [3.63, 3.8) is 0 Å². The van der Waals surface area contributed by atoms with Crippen LogP contribution in [0, 0.1) is 6.92 Å². The summed E-state index contributed by atoms with van der Waals surface area (Å²) < 4.78 is 27.4. The summed E-state index contributed by atoms with van der Waals surface area (Å²) >= 11 is 1.34. The molecule has 0 spiro atoms. The van der Waals surface area contributed by atoms with E-state index in [9.17, 15) is 8.42 Å². The molecule has 0 fully saturated rings. The molecule has 1 aromatic heterocycles. The van der Waals surface area contributed by atoms with Crippen molar-refractivity contribution in [1.29, 1.82) is 0 Å². The average Bonchev–Trinajstić information content (AvgIpc) is 2.71. The van der Waals surface area contributed by atoms with Gasteiger partial charge < -0.3 is 10.2 Å². The van der Waals surface area contributed by atoms with Crippen LogP contribution in [0.15, 0.2) is 10.3 Å². The molecule has 0 aliphatic rings. The maximum absolute atomic E-state index is 12.2. The van der Waals surface area contributed by atoms with Gasteiger partial charge in [0.15, 0.2) is 0 Å². The molecule has 0 aliphatic carbocycles. The predicted octanol–water partition coefficient (Wildman–Crippen LogP) is 1.40. The lowest BCUT2D eigenvalue weighted by Gasteiger charge is -2.09. The highest BCUT2D eigenvalue weighted by Gasteiger charge is 2.18. The molecular formula is C13H25N3O2S2. The van der Waals surface area contributed by atoms with Crippen LogP contribution >= 0.6 is 11.3 Å². The topological polar surface area (TPSA) is 61.4 Å². The molecule has 0 radical (unpaired) electrons. The summed E-state index contributed by atoms with van der Waals surface area (Å²) in [5, 5.41) is 3.05. The van der Waals surface area contributed by atoms with Crippen LogP contribution in [-0.2, 0) is 16.6 Å². The Balaban J connectivity index is 2.54. The monoisotopic (exact) mass is 319 g/mol. The molecule has 7 heteroatoms. The summed E-state index contributed by atoms with van der Waals surface area (Å²) in [6.07, 6.45) is 1.84. The third-order valence-electron chi connectivity index (χ3n) is 2.92. The standard InChI is InChI=1S/C13H25N3O2S2/c1-11-9-13(19-12(11)10-14-2)20(17,18)15-7-5-6-8-16(3)4/h9,14-15H,5-8,10H2,1-4H3. The minimum absolute atomic E-state index is 0.410. The van der Waals surface area contributed by atoms with Crippen molar-refractivity contribution in [2.24, 2.45) is 0 Å². The van der Waals surface area contributed by atoms with E-state index in [4.69, 9.17) is 0 Å². The van der Waals surface area contributed by atoms with Crippen LogP contribution in [0.1, 0.15) is 23.3 Å². The second-order valence-corrected chi connectivity index (χ2v) is 8.24. The number of rotatable bonds is 9. The highest BCUT2D eigenvalue weighted by atomic mass is 32.2. The number of aryl methyl sites for hydroxylation is 1. The van der Waals surface area contributed by atoms with Gasteiger partial charge in [0.1, 0.15) is 4.21 Å². The molecule has 0 unspecified atom stereocenters. The van der Waals surface area contributed by atoms with E-state index < -0.39 is 10.0 Å². The molecule has 0 aromatic carbocycles. The largest absolute Gasteiger partial charge is 0.315 e. The summed E-state index contributed by atoms with van der Waals surface area (Å²) in [4.78, 5) is 3.17. The lowest BCUT2D eigenvalue weighted by atomic mass is 10.3. The summed E-state index contributed by atoms with van der Waals surface area (Å²) in [6, 6.07) is 1.75. The number of thiophene rings is 1. The van der Waals surface area contributed by atoms with E-state index in [0.29, 0.717) is 17.3 Å². The molecule has 20 heavy (non-hydrogen) atoms. The minimum atomic E-state index is -3.35. The Hall–Kier alpha value is -0.470. The van der Waals surface area contributed by atoms with Gasteiger partial charge in [-0.05, 0) is 59.1 Å². The molecule has 1 aromatic rings. The molecule has 1 heterocycles. The second-order valence-electron chi connectivity index (χ2n) is 5.11. The fourth-order valence-corrected chi connectivity index (χ4v) is 4.51. The SMILES string of the molecule is CNCc1sc(S(=O)(=O)NCCCCN(C)C)cc1C. The Morgan fingerprint density at radius 2 is 2.00 bits per heavy atom. The van der Waals surface area contributed by atoms with E-state index >= 15 is 0 Å². The van der Waals surface area contributed by atoms with Crippen LogP contribution in [0.3, 0.4) is 0 Å². The number of hydrogen-bond donors (Lipinski definition) is 2. The van der Waals surface area contributed by atoms with Gasteiger partial charge in [-0.25, -0.2) is 13.1 Å². The molecule has 5 nitrogen and oxygen atoms in total. The van der Waals surface area contributed by atoms with Crippen molar-refractivity contribution >= 4 is 21.4 Å². The zero-order chi connectivity index (χ0) is 15.2. The van der Waals surface area contributed by atoms with Gasteiger partial charge in [-0.1, -0.05) is 0 Å². The average molecular weight is 319 g/mol. The fourth-order valence-electron chi connectivity index (χ4n) is 1.79. The van der Waals surface area contributed by atoms with Gasteiger partial charge in [0.05, 0.1) is 0 Å². The van der Waals surface area contributed by atoms with Crippen molar-refractivity contribution in [1.82, 2.24) is 14.9 Å². The smallest absolute Gasteiger partial charge is 0.250 e. The van der Waals surface area contributed by atoms with Crippen LogP contribution in [0.5, 0.6) is 0 Å². The van der Waals surface area contributed by atoms with Crippen LogP contribution in [0.2, 0.25) is 0 Å². The number of nitrogens with zero attached hydrogens (tertiary/aromatic N) is 1. The quantitative estimate of drug-likeness (QED) is 0.675. The van der Waals surface area contributed by atoms with Gasteiger partial charge in [0.2, 0.25) is 10.0 Å². The van der Waals surface area contributed by atoms with Gasteiger partial charge in [0.25, 0.3) is 0 Å². The summed E-state index contributed by atoms with van der Waals surface area (Å²) in [7, 11) is 2.54. The molecule has 116 valence electrons. The van der Waals surface area contributed by atoms with Crippen molar-refractivity contribution in [2.45, 2.75) is 30.5 Å². The van der Waals surface area contributed by atoms with Gasteiger partial charge in [-0.3, -0.25) is 0 Å². The van der Waals surface area contributed by atoms with Gasteiger partial charge in [-0.15, -0.1) is 11.3 Å². The number of hydrogen-bond acceptors (Lipinski definition) is 5. The first kappa shape index (κ1) is 17.6. The van der Waals surface area contributed by atoms with E-state index in [1.807, 2.05) is 28.1 Å². The predicted molar refractivity (Wildman–Crippen MR) is 84.8 cm³/mol. The Morgan fingerprint density at radius 3 is 2.60 bits per heavy atom. The number of nitrogens with one attached hydrogen (secondary N) is 2. The highest BCUT2D eigenvalue weighted by molar-refractivity contribution is 7.91. The summed E-state index contributed by atoms with van der Waals surface area (Å²) in [6.45, 7) is 4.12. The molecule has 0 saturated heterocycles. The Labute approximate surface area is 126 Å². The van der Waals surface area contributed by atoms with E-state index in [-0.39, 0.29) is 0 Å². The molecule has 0 amide bonds. The molecule has 0 saturated carbocycles. The van der Waals surface area contributed by atoms with Crippen LogP contribution in [0.25, 0.3) is 0 Å². The normalized spacial score (nSPS) is 12.2. The van der Waals surface area contributed by atoms with Crippen molar-refractivity contribution < 1.29 is 8.42 Å². The second kappa shape index (κ2) is 8.09. The fraction of sp³-hybridized carbons (Fsp3) is 0.692. The molecular weight excluding hydrogens is 294 g/mol. The van der Waals surface area contributed by atoms with Gasteiger partial charge >= 0.3 is 0 Å². The van der Waals surface area contributed by atoms with Crippen LogP contribution in [0.4, 0.5) is 0 Å². The molecule has 1 rings (SSSR count). The van der Waals surface area contributed by atoms with E-state index in [1.54, 1.807) is 6.07 Å². The zero-order valence-electron chi connectivity index (χ0n) is 12.7. The Bertz CT molecular complexity index is 510. The van der Waals surface area contributed by atoms with Crippen molar-refractivity contribution in [2.75, 3.05) is 34.2 Å². The third kappa shape index (κ3) is 5.49. The lowest BCUT2D eigenvalue weighted by molar-refractivity contribution is 0.394. The molecule has 0 bridgehead atoms. The maximum Gasteiger partial charge on any atom is 0.250 e. The molecule has 2 N–H and O–H groups in total. The Morgan fingerprint density at radius 1 is 1.30 bits per heavy atom. The first-order valence-electron chi connectivity index (χ1n) is 6.75. The van der Waals surface area contributed by atoms with Crippen molar-refractivity contribution in [3.05, 3.63) is 16.5 Å². The highest BCUT2D eigenvalue weighted by Crippen LogP contribution is 2.25. The van der Waals surface area contributed by atoms with Gasteiger partial charge in [-0.2, -0.15) is 0 Å². The van der Waals surface area contributed by atoms with Crippen LogP contribution in [-0.4, -0.2) is 47.6 Å². The Kier molecular flexibility index (Phi) is 7.11. The molecule has 0 atom stereocenters. The number of sulfonamides is 1. The first-order valence-corrected chi connectivity index (χ1v) is 9.05. The minimum Gasteiger partial charge on any atom is -0.315 e. The van der Waals surface area contributed by atoms with Crippen LogP contribution < -0.4 is 10.0 Å². The summed E-state index contributed by atoms with van der Waals surface area (Å²) in [5.74, 6) is 0.